The maximum atomic E-state index is 6.39. The predicted molar refractivity (Wildman–Crippen MR) is 94.6 cm³/mol. The largest absolute Gasteiger partial charge is 0.490 e. The van der Waals surface area contributed by atoms with Gasteiger partial charge in [0.2, 0.25) is 0 Å². The molecule has 4 heteroatoms. The van der Waals surface area contributed by atoms with Crippen molar-refractivity contribution in [3.8, 4) is 11.5 Å². The lowest BCUT2D eigenvalue weighted by atomic mass is 9.85. The molecule has 0 heterocycles. The minimum atomic E-state index is 0.314. The summed E-state index contributed by atoms with van der Waals surface area (Å²) >= 11 is 7.16. The number of ether oxygens (including phenoxy) is 2. The van der Waals surface area contributed by atoms with Gasteiger partial charge < -0.3 is 9.47 Å². The van der Waals surface area contributed by atoms with Crippen molar-refractivity contribution in [1.29, 1.82) is 0 Å². The van der Waals surface area contributed by atoms with Gasteiger partial charge in [0.1, 0.15) is 6.10 Å². The van der Waals surface area contributed by atoms with E-state index in [4.69, 9.17) is 9.47 Å². The summed E-state index contributed by atoms with van der Waals surface area (Å²) in [6, 6.07) is 4.18. The van der Waals surface area contributed by atoms with Gasteiger partial charge in [-0.05, 0) is 72.2 Å². The highest BCUT2D eigenvalue weighted by Gasteiger charge is 2.27. The van der Waals surface area contributed by atoms with Crippen LogP contribution in [0.25, 0.3) is 0 Å². The Kier molecular flexibility index (Phi) is 6.87. The molecule has 118 valence electrons. The Morgan fingerprint density at radius 2 is 1.95 bits per heavy atom. The first-order valence-corrected chi connectivity index (χ1v) is 9.78. The van der Waals surface area contributed by atoms with Gasteiger partial charge in [-0.3, -0.25) is 0 Å². The van der Waals surface area contributed by atoms with E-state index in [0.717, 1.165) is 27.7 Å². The molecular formula is C17H24Br2O2. The molecule has 1 saturated carbocycles. The molecule has 0 saturated heterocycles. The van der Waals surface area contributed by atoms with Gasteiger partial charge in [-0.25, -0.2) is 0 Å². The maximum absolute atomic E-state index is 6.39. The Labute approximate surface area is 144 Å². The van der Waals surface area contributed by atoms with Crippen molar-refractivity contribution >= 4 is 31.9 Å². The van der Waals surface area contributed by atoms with E-state index >= 15 is 0 Å². The molecule has 1 aliphatic carbocycles. The highest BCUT2D eigenvalue weighted by atomic mass is 79.9. The molecule has 1 fully saturated rings. The molecule has 2 nitrogen and oxygen atoms in total. The normalized spacial score (nSPS) is 22.1. The molecule has 0 amide bonds. The third-order valence-electron chi connectivity index (χ3n) is 4.16. The van der Waals surface area contributed by atoms with Gasteiger partial charge in [-0.15, -0.1) is 0 Å². The van der Waals surface area contributed by atoms with Crippen LogP contribution in [0, 0.1) is 5.92 Å². The van der Waals surface area contributed by atoms with Gasteiger partial charge in [0.05, 0.1) is 11.1 Å². The molecule has 1 aromatic rings. The third kappa shape index (κ3) is 4.38. The van der Waals surface area contributed by atoms with Gasteiger partial charge in [0.25, 0.3) is 0 Å². The number of hydrogen-bond donors (Lipinski definition) is 0. The minimum absolute atomic E-state index is 0.314. The molecule has 0 aliphatic heterocycles. The summed E-state index contributed by atoms with van der Waals surface area (Å²) in [6.07, 6.45) is 6.53. The SMILES string of the molecule is CCOc1cc(CBr)cc(Br)c1OC1CCCCC1CC. The average Bonchev–Trinajstić information content (AvgIpc) is 2.51. The number of hydrogen-bond acceptors (Lipinski definition) is 2. The summed E-state index contributed by atoms with van der Waals surface area (Å²) in [4.78, 5) is 0. The molecule has 2 rings (SSSR count). The molecule has 2 atom stereocenters. The van der Waals surface area contributed by atoms with E-state index in [1.807, 2.05) is 6.92 Å². The predicted octanol–water partition coefficient (Wildman–Crippen LogP) is 6.09. The van der Waals surface area contributed by atoms with Crippen LogP contribution in [-0.4, -0.2) is 12.7 Å². The van der Waals surface area contributed by atoms with Crippen molar-refractivity contribution in [2.24, 2.45) is 5.92 Å². The second-order valence-electron chi connectivity index (χ2n) is 5.58. The van der Waals surface area contributed by atoms with Gasteiger partial charge in [0, 0.05) is 5.33 Å². The molecule has 0 aromatic heterocycles. The lowest BCUT2D eigenvalue weighted by Gasteiger charge is -2.32. The molecule has 0 spiro atoms. The van der Waals surface area contributed by atoms with Gasteiger partial charge in [0.15, 0.2) is 11.5 Å². The van der Waals surface area contributed by atoms with E-state index in [-0.39, 0.29) is 0 Å². The molecule has 1 aliphatic rings. The van der Waals surface area contributed by atoms with Gasteiger partial charge >= 0.3 is 0 Å². The Morgan fingerprint density at radius 3 is 2.62 bits per heavy atom. The molecule has 21 heavy (non-hydrogen) atoms. The molecule has 2 unspecified atom stereocenters. The smallest absolute Gasteiger partial charge is 0.175 e. The van der Waals surface area contributed by atoms with Crippen molar-refractivity contribution in [3.63, 3.8) is 0 Å². The second-order valence-corrected chi connectivity index (χ2v) is 7.00. The van der Waals surface area contributed by atoms with Crippen LogP contribution < -0.4 is 9.47 Å². The lowest BCUT2D eigenvalue weighted by molar-refractivity contribution is 0.0857. The first-order chi connectivity index (χ1) is 10.2. The Morgan fingerprint density at radius 1 is 1.19 bits per heavy atom. The highest BCUT2D eigenvalue weighted by Crippen LogP contribution is 2.40. The summed E-state index contributed by atoms with van der Waals surface area (Å²) in [5.41, 5.74) is 1.19. The van der Waals surface area contributed by atoms with Crippen molar-refractivity contribution in [3.05, 3.63) is 22.2 Å². The molecule has 0 bridgehead atoms. The first-order valence-electron chi connectivity index (χ1n) is 7.87. The summed E-state index contributed by atoms with van der Waals surface area (Å²) in [5, 5.41) is 0.812. The fourth-order valence-electron chi connectivity index (χ4n) is 3.02. The Bertz CT molecular complexity index is 462. The zero-order chi connectivity index (χ0) is 15.2. The van der Waals surface area contributed by atoms with E-state index in [1.165, 1.54) is 31.2 Å². The van der Waals surface area contributed by atoms with Crippen molar-refractivity contribution in [2.45, 2.75) is 57.4 Å². The van der Waals surface area contributed by atoms with Crippen LogP contribution in [0.15, 0.2) is 16.6 Å². The molecule has 0 radical (unpaired) electrons. The zero-order valence-corrected chi connectivity index (χ0v) is 16.0. The van der Waals surface area contributed by atoms with E-state index < -0.39 is 0 Å². The zero-order valence-electron chi connectivity index (χ0n) is 12.8. The fraction of sp³-hybridized carbons (Fsp3) is 0.647. The average molecular weight is 420 g/mol. The Hall–Kier alpha value is -0.220. The molecule has 1 aromatic carbocycles. The summed E-state index contributed by atoms with van der Waals surface area (Å²) in [7, 11) is 0. The number of halogens is 2. The summed E-state index contributed by atoms with van der Waals surface area (Å²) in [5.74, 6) is 2.38. The minimum Gasteiger partial charge on any atom is -0.490 e. The standard InChI is InChI=1S/C17H24Br2O2/c1-3-13-7-5-6-8-15(13)21-17-14(19)9-12(11-18)10-16(17)20-4-2/h9-10,13,15H,3-8,11H2,1-2H3. The van der Waals surface area contributed by atoms with Crippen LogP contribution in [0.1, 0.15) is 51.5 Å². The van der Waals surface area contributed by atoms with Crippen LogP contribution in [0.4, 0.5) is 0 Å². The molecular weight excluding hydrogens is 396 g/mol. The third-order valence-corrected chi connectivity index (χ3v) is 5.39. The van der Waals surface area contributed by atoms with E-state index in [2.05, 4.69) is 50.9 Å². The number of rotatable bonds is 6. The maximum Gasteiger partial charge on any atom is 0.175 e. The summed E-state index contributed by atoms with van der Waals surface area (Å²) < 4.78 is 13.2. The fourth-order valence-corrected chi connectivity index (χ4v) is 3.93. The first kappa shape index (κ1) is 17.1. The number of alkyl halides is 1. The number of benzene rings is 1. The quantitative estimate of drug-likeness (QED) is 0.519. The van der Waals surface area contributed by atoms with Crippen LogP contribution in [0.3, 0.4) is 0 Å². The van der Waals surface area contributed by atoms with Crippen LogP contribution in [-0.2, 0) is 5.33 Å². The van der Waals surface area contributed by atoms with E-state index in [0.29, 0.717) is 18.6 Å². The van der Waals surface area contributed by atoms with Crippen molar-refractivity contribution < 1.29 is 9.47 Å². The van der Waals surface area contributed by atoms with Gasteiger partial charge in [-0.2, -0.15) is 0 Å². The van der Waals surface area contributed by atoms with E-state index in [1.54, 1.807) is 0 Å². The monoisotopic (exact) mass is 418 g/mol. The second kappa shape index (κ2) is 8.42. The van der Waals surface area contributed by atoms with Gasteiger partial charge in [-0.1, -0.05) is 29.3 Å². The lowest BCUT2D eigenvalue weighted by Crippen LogP contribution is -2.30. The van der Waals surface area contributed by atoms with E-state index in [9.17, 15) is 0 Å². The van der Waals surface area contributed by atoms with Crippen LogP contribution in [0.2, 0.25) is 0 Å². The topological polar surface area (TPSA) is 18.5 Å². The molecule has 0 N–H and O–H groups in total. The van der Waals surface area contributed by atoms with Crippen molar-refractivity contribution in [1.82, 2.24) is 0 Å². The van der Waals surface area contributed by atoms with Crippen LogP contribution >= 0.6 is 31.9 Å². The van der Waals surface area contributed by atoms with Crippen LogP contribution in [0.5, 0.6) is 11.5 Å². The Balaban J connectivity index is 2.24. The van der Waals surface area contributed by atoms with Crippen molar-refractivity contribution in [2.75, 3.05) is 6.61 Å². The highest BCUT2D eigenvalue weighted by molar-refractivity contribution is 9.10. The summed E-state index contributed by atoms with van der Waals surface area (Å²) in [6.45, 7) is 4.92.